The van der Waals surface area contributed by atoms with Gasteiger partial charge in [0.05, 0.1) is 0 Å². The Morgan fingerprint density at radius 1 is 1.35 bits per heavy atom. The van der Waals surface area contributed by atoms with Gasteiger partial charge in [0.2, 0.25) is 11.8 Å². The molecular weight excluding hydrogens is 278 g/mol. The van der Waals surface area contributed by atoms with E-state index in [-0.39, 0.29) is 30.1 Å². The van der Waals surface area contributed by atoms with E-state index in [4.69, 9.17) is 0 Å². The second-order valence-corrected chi connectivity index (χ2v) is 5.60. The predicted molar refractivity (Wildman–Crippen MR) is 82.9 cm³/mol. The van der Waals surface area contributed by atoms with Crippen molar-refractivity contribution in [1.82, 2.24) is 15.5 Å². The van der Waals surface area contributed by atoms with Crippen LogP contribution in [0, 0.1) is 11.8 Å². The lowest BCUT2D eigenvalue weighted by Crippen LogP contribution is -2.44. The number of rotatable bonds is 6. The summed E-state index contributed by atoms with van der Waals surface area (Å²) in [5, 5.41) is 5.96. The van der Waals surface area contributed by atoms with Gasteiger partial charge in [0.25, 0.3) is 0 Å². The van der Waals surface area contributed by atoms with E-state index in [0.29, 0.717) is 18.9 Å². The standard InChI is InChI=1S/C14H27N3O2.ClH/c1-11(2)14(19)16-9-12-5-4-8-17(10-12)13(18)6-7-15-3;/h11-12,15H,4-10H2,1-3H3,(H,16,19);1H. The Labute approximate surface area is 128 Å². The Balaban J connectivity index is 0.00000361. The molecule has 1 aliphatic rings. The highest BCUT2D eigenvalue weighted by atomic mass is 35.5. The Morgan fingerprint density at radius 3 is 2.65 bits per heavy atom. The van der Waals surface area contributed by atoms with E-state index >= 15 is 0 Å². The molecule has 5 nitrogen and oxygen atoms in total. The van der Waals surface area contributed by atoms with Gasteiger partial charge in [-0.05, 0) is 25.8 Å². The highest BCUT2D eigenvalue weighted by Crippen LogP contribution is 2.16. The van der Waals surface area contributed by atoms with Crippen LogP contribution in [0.1, 0.15) is 33.1 Å². The maximum Gasteiger partial charge on any atom is 0.223 e. The second kappa shape index (κ2) is 10.00. The molecule has 20 heavy (non-hydrogen) atoms. The lowest BCUT2D eigenvalue weighted by molar-refractivity contribution is -0.132. The molecule has 6 heteroatoms. The van der Waals surface area contributed by atoms with Gasteiger partial charge in [-0.3, -0.25) is 9.59 Å². The number of hydrogen-bond acceptors (Lipinski definition) is 3. The average molecular weight is 306 g/mol. The number of nitrogens with zero attached hydrogens (tertiary/aromatic N) is 1. The first kappa shape index (κ1) is 19.2. The summed E-state index contributed by atoms with van der Waals surface area (Å²) in [6.45, 7) is 6.84. The molecule has 1 aliphatic heterocycles. The average Bonchev–Trinajstić information content (AvgIpc) is 2.42. The van der Waals surface area contributed by atoms with Gasteiger partial charge < -0.3 is 15.5 Å². The SMILES string of the molecule is CNCCC(=O)N1CCCC(CNC(=O)C(C)C)C1.Cl. The van der Waals surface area contributed by atoms with Gasteiger partial charge in [-0.25, -0.2) is 0 Å². The fraction of sp³-hybridized carbons (Fsp3) is 0.857. The van der Waals surface area contributed by atoms with Gasteiger partial charge in [0.15, 0.2) is 0 Å². The van der Waals surface area contributed by atoms with Gasteiger partial charge in [-0.2, -0.15) is 0 Å². The van der Waals surface area contributed by atoms with Crippen molar-refractivity contribution in [3.63, 3.8) is 0 Å². The minimum Gasteiger partial charge on any atom is -0.356 e. The fourth-order valence-electron chi connectivity index (χ4n) is 2.30. The van der Waals surface area contributed by atoms with Crippen LogP contribution in [0.15, 0.2) is 0 Å². The van der Waals surface area contributed by atoms with Crippen molar-refractivity contribution >= 4 is 24.2 Å². The number of amides is 2. The van der Waals surface area contributed by atoms with Crippen LogP contribution in [0.3, 0.4) is 0 Å². The van der Waals surface area contributed by atoms with Crippen molar-refractivity contribution in [2.24, 2.45) is 11.8 Å². The van der Waals surface area contributed by atoms with Crippen molar-refractivity contribution < 1.29 is 9.59 Å². The summed E-state index contributed by atoms with van der Waals surface area (Å²) in [7, 11) is 1.85. The first-order chi connectivity index (χ1) is 9.04. The molecule has 1 atom stereocenters. The highest BCUT2D eigenvalue weighted by molar-refractivity contribution is 5.85. The maximum atomic E-state index is 11.9. The third kappa shape index (κ3) is 6.57. The predicted octanol–water partition coefficient (Wildman–Crippen LogP) is 1.03. The van der Waals surface area contributed by atoms with E-state index < -0.39 is 0 Å². The zero-order chi connectivity index (χ0) is 14.3. The Morgan fingerprint density at radius 2 is 2.05 bits per heavy atom. The van der Waals surface area contributed by atoms with Crippen molar-refractivity contribution in [3.05, 3.63) is 0 Å². The first-order valence-electron chi connectivity index (χ1n) is 7.24. The van der Waals surface area contributed by atoms with Gasteiger partial charge in [0, 0.05) is 38.5 Å². The van der Waals surface area contributed by atoms with E-state index in [1.165, 1.54) is 0 Å². The summed E-state index contributed by atoms with van der Waals surface area (Å²) < 4.78 is 0. The molecule has 0 saturated carbocycles. The largest absolute Gasteiger partial charge is 0.356 e. The molecular formula is C14H28ClN3O2. The van der Waals surface area contributed by atoms with Gasteiger partial charge in [-0.1, -0.05) is 13.8 Å². The molecule has 1 unspecified atom stereocenters. The van der Waals surface area contributed by atoms with Crippen LogP contribution in [0.4, 0.5) is 0 Å². The van der Waals surface area contributed by atoms with E-state index in [1.54, 1.807) is 0 Å². The van der Waals surface area contributed by atoms with Crippen LogP contribution in [-0.2, 0) is 9.59 Å². The molecule has 0 spiro atoms. The van der Waals surface area contributed by atoms with Crippen LogP contribution in [-0.4, -0.2) is 49.9 Å². The molecule has 1 saturated heterocycles. The second-order valence-electron chi connectivity index (χ2n) is 5.60. The summed E-state index contributed by atoms with van der Waals surface area (Å²) >= 11 is 0. The number of hydrogen-bond donors (Lipinski definition) is 2. The molecule has 118 valence electrons. The van der Waals surface area contributed by atoms with E-state index in [0.717, 1.165) is 32.5 Å². The van der Waals surface area contributed by atoms with Crippen molar-refractivity contribution in [2.45, 2.75) is 33.1 Å². The van der Waals surface area contributed by atoms with Gasteiger partial charge in [-0.15, -0.1) is 12.4 Å². The third-order valence-electron chi connectivity index (χ3n) is 3.55. The molecule has 1 rings (SSSR count). The van der Waals surface area contributed by atoms with Crippen LogP contribution in [0.5, 0.6) is 0 Å². The maximum absolute atomic E-state index is 11.9. The molecule has 0 aromatic heterocycles. The third-order valence-corrected chi connectivity index (χ3v) is 3.55. The number of carbonyl (C=O) groups excluding carboxylic acids is 2. The Hall–Kier alpha value is -0.810. The number of likely N-dealkylation sites (tertiary alicyclic amines) is 1. The normalized spacial score (nSPS) is 18.6. The molecule has 2 N–H and O–H groups in total. The number of carbonyl (C=O) groups is 2. The molecule has 0 aliphatic carbocycles. The van der Waals surface area contributed by atoms with E-state index in [1.807, 2.05) is 25.8 Å². The van der Waals surface area contributed by atoms with Crippen LogP contribution in [0.25, 0.3) is 0 Å². The zero-order valence-corrected chi connectivity index (χ0v) is 13.6. The molecule has 1 heterocycles. The topological polar surface area (TPSA) is 61.4 Å². The van der Waals surface area contributed by atoms with Gasteiger partial charge in [0.1, 0.15) is 0 Å². The quantitative estimate of drug-likeness (QED) is 0.770. The molecule has 0 radical (unpaired) electrons. The Bertz CT molecular complexity index is 311. The summed E-state index contributed by atoms with van der Waals surface area (Å²) in [4.78, 5) is 25.4. The fourth-order valence-corrected chi connectivity index (χ4v) is 2.30. The summed E-state index contributed by atoms with van der Waals surface area (Å²) in [6.07, 6.45) is 2.68. The number of nitrogens with one attached hydrogen (secondary N) is 2. The van der Waals surface area contributed by atoms with Gasteiger partial charge >= 0.3 is 0 Å². The lowest BCUT2D eigenvalue weighted by atomic mass is 9.97. The smallest absolute Gasteiger partial charge is 0.223 e. The molecule has 0 aromatic rings. The highest BCUT2D eigenvalue weighted by Gasteiger charge is 2.23. The summed E-state index contributed by atoms with van der Waals surface area (Å²) in [5.41, 5.74) is 0. The van der Waals surface area contributed by atoms with Crippen molar-refractivity contribution in [3.8, 4) is 0 Å². The van der Waals surface area contributed by atoms with E-state index in [2.05, 4.69) is 10.6 Å². The van der Waals surface area contributed by atoms with Crippen molar-refractivity contribution in [1.29, 1.82) is 0 Å². The van der Waals surface area contributed by atoms with E-state index in [9.17, 15) is 9.59 Å². The minimum absolute atomic E-state index is 0. The molecule has 2 amide bonds. The molecule has 0 aromatic carbocycles. The zero-order valence-electron chi connectivity index (χ0n) is 12.8. The van der Waals surface area contributed by atoms with Crippen LogP contribution < -0.4 is 10.6 Å². The van der Waals surface area contributed by atoms with Crippen LogP contribution >= 0.6 is 12.4 Å². The lowest BCUT2D eigenvalue weighted by Gasteiger charge is -2.33. The molecule has 0 bridgehead atoms. The van der Waals surface area contributed by atoms with Crippen molar-refractivity contribution in [2.75, 3.05) is 33.2 Å². The monoisotopic (exact) mass is 305 g/mol. The summed E-state index contributed by atoms with van der Waals surface area (Å²) in [5.74, 6) is 0.736. The minimum atomic E-state index is 0. The summed E-state index contributed by atoms with van der Waals surface area (Å²) in [6, 6.07) is 0. The van der Waals surface area contributed by atoms with Crippen LogP contribution in [0.2, 0.25) is 0 Å². The first-order valence-corrected chi connectivity index (χ1v) is 7.24. The molecule has 1 fully saturated rings. The number of halogens is 1. The Kier molecular flexibility index (Phi) is 9.59. The number of piperidine rings is 1.